The van der Waals surface area contributed by atoms with Crippen LogP contribution in [-0.4, -0.2) is 47.3 Å². The van der Waals surface area contributed by atoms with Crippen LogP contribution in [0.1, 0.15) is 24.1 Å². The normalized spacial score (nSPS) is 18.2. The van der Waals surface area contributed by atoms with E-state index in [0.717, 1.165) is 35.8 Å². The van der Waals surface area contributed by atoms with E-state index in [9.17, 15) is 4.79 Å². The van der Waals surface area contributed by atoms with E-state index >= 15 is 0 Å². The van der Waals surface area contributed by atoms with Crippen molar-refractivity contribution in [2.75, 3.05) is 51.6 Å². The SMILES string of the molecule is COc1cc2c(cc1OC)[C@H](C)[NH+](CC(=O)Nc1ccc(N(C)C)cc1)CC2. The van der Waals surface area contributed by atoms with Crippen molar-refractivity contribution in [3.63, 3.8) is 0 Å². The lowest BCUT2D eigenvalue weighted by Crippen LogP contribution is -3.14. The van der Waals surface area contributed by atoms with Crippen LogP contribution in [0.4, 0.5) is 11.4 Å². The average Bonchev–Trinajstić information content (AvgIpc) is 2.69. The second-order valence-corrected chi connectivity index (χ2v) is 7.45. The highest BCUT2D eigenvalue weighted by atomic mass is 16.5. The summed E-state index contributed by atoms with van der Waals surface area (Å²) in [5, 5.41) is 3.02. The molecule has 0 aliphatic carbocycles. The van der Waals surface area contributed by atoms with Gasteiger partial charge in [-0.05, 0) is 48.9 Å². The van der Waals surface area contributed by atoms with E-state index in [4.69, 9.17) is 9.47 Å². The van der Waals surface area contributed by atoms with Gasteiger partial charge in [0.05, 0.1) is 20.8 Å². The summed E-state index contributed by atoms with van der Waals surface area (Å²) in [5.74, 6) is 1.53. The second kappa shape index (κ2) is 8.52. The number of nitrogens with zero attached hydrogens (tertiary/aromatic N) is 1. The Morgan fingerprint density at radius 2 is 1.79 bits per heavy atom. The van der Waals surface area contributed by atoms with E-state index in [2.05, 4.69) is 24.4 Å². The number of hydrogen-bond acceptors (Lipinski definition) is 4. The fourth-order valence-corrected chi connectivity index (χ4v) is 3.78. The summed E-state index contributed by atoms with van der Waals surface area (Å²) in [6, 6.07) is 12.2. The summed E-state index contributed by atoms with van der Waals surface area (Å²) in [5.41, 5.74) is 4.43. The summed E-state index contributed by atoms with van der Waals surface area (Å²) < 4.78 is 10.9. The van der Waals surface area contributed by atoms with Gasteiger partial charge in [-0.15, -0.1) is 0 Å². The van der Waals surface area contributed by atoms with Crippen molar-refractivity contribution in [3.05, 3.63) is 47.5 Å². The zero-order valence-electron chi connectivity index (χ0n) is 17.3. The van der Waals surface area contributed by atoms with E-state index in [1.165, 1.54) is 16.0 Å². The molecular formula is C22H30N3O3+. The number of carbonyl (C=O) groups is 1. The number of hydrogen-bond donors (Lipinski definition) is 2. The van der Waals surface area contributed by atoms with Crippen LogP contribution in [0, 0.1) is 0 Å². The zero-order valence-corrected chi connectivity index (χ0v) is 17.3. The van der Waals surface area contributed by atoms with Crippen molar-refractivity contribution in [1.29, 1.82) is 0 Å². The maximum Gasteiger partial charge on any atom is 0.279 e. The van der Waals surface area contributed by atoms with Crippen molar-refractivity contribution >= 4 is 17.3 Å². The highest BCUT2D eigenvalue weighted by Gasteiger charge is 2.30. The van der Waals surface area contributed by atoms with E-state index in [0.29, 0.717) is 6.54 Å². The lowest BCUT2D eigenvalue weighted by molar-refractivity contribution is -0.924. The molecular weight excluding hydrogens is 354 g/mol. The smallest absolute Gasteiger partial charge is 0.279 e. The van der Waals surface area contributed by atoms with Crippen molar-refractivity contribution in [3.8, 4) is 11.5 Å². The minimum atomic E-state index is 0.0309. The molecule has 0 saturated heterocycles. The van der Waals surface area contributed by atoms with Crippen LogP contribution >= 0.6 is 0 Å². The molecule has 1 heterocycles. The number of carbonyl (C=O) groups excluding carboxylic acids is 1. The van der Waals surface area contributed by atoms with Gasteiger partial charge in [-0.1, -0.05) is 0 Å². The molecule has 2 N–H and O–H groups in total. The number of benzene rings is 2. The van der Waals surface area contributed by atoms with E-state index in [-0.39, 0.29) is 11.9 Å². The quantitative estimate of drug-likeness (QED) is 0.799. The number of amides is 1. The highest BCUT2D eigenvalue weighted by Crippen LogP contribution is 2.33. The number of fused-ring (bicyclic) bond motifs is 1. The standard InChI is InChI=1S/C22H29N3O3/c1-15-19-13-21(28-5)20(27-4)12-16(19)10-11-25(15)14-22(26)23-17-6-8-18(9-7-17)24(2)3/h6-9,12-13,15H,10-11,14H2,1-5H3,(H,23,26)/p+1/t15-/m0/s1. The Morgan fingerprint density at radius 3 is 2.39 bits per heavy atom. The molecule has 2 aromatic rings. The van der Waals surface area contributed by atoms with Crippen molar-refractivity contribution in [2.24, 2.45) is 0 Å². The maximum absolute atomic E-state index is 12.6. The Kier molecular flexibility index (Phi) is 6.09. The minimum Gasteiger partial charge on any atom is -0.493 e. The van der Waals surface area contributed by atoms with Gasteiger partial charge in [0.15, 0.2) is 18.0 Å². The fourth-order valence-electron chi connectivity index (χ4n) is 3.78. The molecule has 150 valence electrons. The van der Waals surface area contributed by atoms with Gasteiger partial charge in [0.2, 0.25) is 0 Å². The van der Waals surface area contributed by atoms with Gasteiger partial charge in [0.25, 0.3) is 5.91 Å². The minimum absolute atomic E-state index is 0.0309. The maximum atomic E-state index is 12.6. The van der Waals surface area contributed by atoms with Crippen molar-refractivity contribution in [2.45, 2.75) is 19.4 Å². The Hall–Kier alpha value is -2.73. The van der Waals surface area contributed by atoms with Crippen LogP contribution in [0.15, 0.2) is 36.4 Å². The molecule has 0 radical (unpaired) electrons. The van der Waals surface area contributed by atoms with Gasteiger partial charge in [0.1, 0.15) is 6.04 Å². The lowest BCUT2D eigenvalue weighted by atomic mass is 9.93. The molecule has 1 unspecified atom stereocenters. The molecule has 0 saturated carbocycles. The van der Waals surface area contributed by atoms with E-state index in [1.54, 1.807) is 14.2 Å². The first-order chi connectivity index (χ1) is 13.4. The molecule has 0 aromatic heterocycles. The van der Waals surface area contributed by atoms with Gasteiger partial charge in [-0.25, -0.2) is 0 Å². The monoisotopic (exact) mass is 384 g/mol. The molecule has 2 atom stereocenters. The van der Waals surface area contributed by atoms with Gasteiger partial charge in [-0.2, -0.15) is 0 Å². The summed E-state index contributed by atoms with van der Waals surface area (Å²) in [7, 11) is 7.30. The first-order valence-electron chi connectivity index (χ1n) is 9.59. The highest BCUT2D eigenvalue weighted by molar-refractivity contribution is 5.91. The topological polar surface area (TPSA) is 55.2 Å². The Bertz CT molecular complexity index is 834. The van der Waals surface area contributed by atoms with Crippen LogP contribution < -0.4 is 24.6 Å². The summed E-state index contributed by atoms with van der Waals surface area (Å²) in [4.78, 5) is 15.9. The Balaban J connectivity index is 1.67. The molecule has 6 nitrogen and oxygen atoms in total. The first kappa shape index (κ1) is 20.0. The Morgan fingerprint density at radius 1 is 1.14 bits per heavy atom. The summed E-state index contributed by atoms with van der Waals surface area (Å²) in [6.45, 7) is 3.51. The molecule has 6 heteroatoms. The summed E-state index contributed by atoms with van der Waals surface area (Å²) in [6.07, 6.45) is 0.917. The second-order valence-electron chi connectivity index (χ2n) is 7.45. The molecule has 2 aromatic carbocycles. The third-order valence-electron chi connectivity index (χ3n) is 5.49. The number of quaternary nitrogens is 1. The van der Waals surface area contributed by atoms with Crippen molar-refractivity contribution in [1.82, 2.24) is 0 Å². The van der Waals surface area contributed by atoms with Crippen LogP contribution in [-0.2, 0) is 11.2 Å². The predicted octanol–water partition coefficient (Wildman–Crippen LogP) is 1.91. The van der Waals surface area contributed by atoms with Gasteiger partial charge >= 0.3 is 0 Å². The van der Waals surface area contributed by atoms with E-state index in [1.807, 2.05) is 43.3 Å². The first-order valence-corrected chi connectivity index (χ1v) is 9.59. The van der Waals surface area contributed by atoms with Crippen molar-refractivity contribution < 1.29 is 19.2 Å². The average molecular weight is 385 g/mol. The molecule has 0 bridgehead atoms. The molecule has 28 heavy (non-hydrogen) atoms. The molecule has 1 aliphatic rings. The molecule has 1 amide bonds. The van der Waals surface area contributed by atoms with Gasteiger partial charge in [-0.3, -0.25) is 4.79 Å². The van der Waals surface area contributed by atoms with E-state index < -0.39 is 0 Å². The number of anilines is 2. The largest absolute Gasteiger partial charge is 0.493 e. The molecule has 1 aliphatic heterocycles. The third kappa shape index (κ3) is 4.22. The zero-order chi connectivity index (χ0) is 20.3. The Labute approximate surface area is 167 Å². The summed E-state index contributed by atoms with van der Waals surface area (Å²) >= 11 is 0. The van der Waals surface area contributed by atoms with Crippen LogP contribution in [0.2, 0.25) is 0 Å². The fraction of sp³-hybridized carbons (Fsp3) is 0.409. The predicted molar refractivity (Wildman–Crippen MR) is 112 cm³/mol. The number of methoxy groups -OCH3 is 2. The molecule has 3 rings (SSSR count). The van der Waals surface area contributed by atoms with Crippen LogP contribution in [0.5, 0.6) is 11.5 Å². The lowest BCUT2D eigenvalue weighted by Gasteiger charge is -2.32. The number of ether oxygens (including phenoxy) is 2. The number of nitrogens with one attached hydrogen (secondary N) is 2. The van der Waals surface area contributed by atoms with Crippen LogP contribution in [0.25, 0.3) is 0 Å². The van der Waals surface area contributed by atoms with Crippen LogP contribution in [0.3, 0.4) is 0 Å². The third-order valence-corrected chi connectivity index (χ3v) is 5.49. The number of rotatable bonds is 6. The molecule has 0 fully saturated rings. The van der Waals surface area contributed by atoms with Gasteiger partial charge in [0, 0.05) is 37.5 Å². The van der Waals surface area contributed by atoms with Gasteiger partial charge < -0.3 is 24.6 Å². The molecule has 0 spiro atoms.